The maximum atomic E-state index is 12.7. The minimum Gasteiger partial charge on any atom is -0.383 e. The van der Waals surface area contributed by atoms with E-state index >= 15 is 0 Å². The highest BCUT2D eigenvalue weighted by Gasteiger charge is 2.39. The lowest BCUT2D eigenvalue weighted by atomic mass is 9.80. The molecule has 1 N–H and O–H groups in total. The van der Waals surface area contributed by atoms with Crippen LogP contribution in [0.1, 0.15) is 35.7 Å². The number of carbonyl (C=O) groups excluding carboxylic acids is 2. The van der Waals surface area contributed by atoms with Crippen molar-refractivity contribution in [1.29, 1.82) is 5.26 Å². The molecule has 0 spiro atoms. The molecule has 24 heavy (non-hydrogen) atoms. The van der Waals surface area contributed by atoms with Crippen LogP contribution in [0.15, 0.2) is 24.3 Å². The van der Waals surface area contributed by atoms with E-state index in [4.69, 9.17) is 10.00 Å². The monoisotopic (exact) mass is 329 g/mol. The Balaban J connectivity index is 2.04. The van der Waals surface area contributed by atoms with Gasteiger partial charge in [0.25, 0.3) is 5.91 Å². The minimum absolute atomic E-state index is 0.0446. The molecule has 1 aromatic rings. The van der Waals surface area contributed by atoms with E-state index in [1.807, 2.05) is 13.0 Å². The summed E-state index contributed by atoms with van der Waals surface area (Å²) in [5, 5.41) is 11.7. The van der Waals surface area contributed by atoms with Gasteiger partial charge in [-0.1, -0.05) is 0 Å². The highest BCUT2D eigenvalue weighted by atomic mass is 16.5. The molecule has 1 aromatic carbocycles. The zero-order valence-corrected chi connectivity index (χ0v) is 14.2. The second-order valence-electron chi connectivity index (χ2n) is 6.33. The molecule has 1 saturated heterocycles. The first kappa shape index (κ1) is 18.0. The second-order valence-corrected chi connectivity index (χ2v) is 6.33. The number of likely N-dealkylation sites (tertiary alicyclic amines) is 1. The first-order chi connectivity index (χ1) is 11.5. The summed E-state index contributed by atoms with van der Waals surface area (Å²) in [4.78, 5) is 26.8. The highest BCUT2D eigenvalue weighted by molar-refractivity contribution is 5.95. The molecule has 1 atom stereocenters. The molecule has 6 heteroatoms. The summed E-state index contributed by atoms with van der Waals surface area (Å²) in [7, 11) is 1.59. The fourth-order valence-corrected chi connectivity index (χ4v) is 2.95. The van der Waals surface area contributed by atoms with Gasteiger partial charge in [-0.05, 0) is 44.0 Å². The van der Waals surface area contributed by atoms with Gasteiger partial charge in [0.05, 0.1) is 23.7 Å². The van der Waals surface area contributed by atoms with Crippen LogP contribution in [-0.4, -0.2) is 50.1 Å². The minimum atomic E-state index is -0.589. The molecular formula is C18H23N3O3. The fourth-order valence-electron chi connectivity index (χ4n) is 2.95. The summed E-state index contributed by atoms with van der Waals surface area (Å²) >= 11 is 0. The van der Waals surface area contributed by atoms with E-state index in [0.717, 1.165) is 12.8 Å². The van der Waals surface area contributed by atoms with Crippen molar-refractivity contribution >= 4 is 11.8 Å². The van der Waals surface area contributed by atoms with Gasteiger partial charge in [0, 0.05) is 32.3 Å². The molecule has 2 amide bonds. The predicted octanol–water partition coefficient (Wildman–Crippen LogP) is 1.56. The third-order valence-electron chi connectivity index (χ3n) is 4.38. The largest absolute Gasteiger partial charge is 0.383 e. The van der Waals surface area contributed by atoms with E-state index in [0.29, 0.717) is 37.4 Å². The van der Waals surface area contributed by atoms with Crippen LogP contribution in [0, 0.1) is 16.7 Å². The van der Waals surface area contributed by atoms with Crippen LogP contribution in [0.2, 0.25) is 0 Å². The Morgan fingerprint density at radius 1 is 1.38 bits per heavy atom. The Morgan fingerprint density at radius 3 is 2.71 bits per heavy atom. The van der Waals surface area contributed by atoms with Crippen LogP contribution in [0.5, 0.6) is 0 Å². The molecule has 0 radical (unpaired) electrons. The van der Waals surface area contributed by atoms with Crippen LogP contribution in [0.3, 0.4) is 0 Å². The lowest BCUT2D eigenvalue weighted by molar-refractivity contribution is -0.132. The number of nitrogens with zero attached hydrogens (tertiary/aromatic N) is 2. The van der Waals surface area contributed by atoms with Crippen molar-refractivity contribution in [2.24, 2.45) is 5.41 Å². The van der Waals surface area contributed by atoms with Gasteiger partial charge in [0.2, 0.25) is 5.91 Å². The summed E-state index contributed by atoms with van der Waals surface area (Å²) in [5.74, 6) is -0.146. The number of piperidine rings is 1. The predicted molar refractivity (Wildman–Crippen MR) is 89.3 cm³/mol. The maximum Gasteiger partial charge on any atom is 0.253 e. The van der Waals surface area contributed by atoms with Crippen LogP contribution >= 0.6 is 0 Å². The molecule has 6 nitrogen and oxygen atoms in total. The van der Waals surface area contributed by atoms with Crippen molar-refractivity contribution in [1.82, 2.24) is 10.2 Å². The zero-order chi connectivity index (χ0) is 17.6. The average molecular weight is 329 g/mol. The van der Waals surface area contributed by atoms with Crippen molar-refractivity contribution in [3.05, 3.63) is 35.4 Å². The SMILES string of the molecule is COCCNC(=O)C1(C)CCCN(C(=O)c2ccc(C#N)cc2)C1. The standard InChI is InChI=1S/C18H23N3O3/c1-18(17(23)20-9-11-24-2)8-3-10-21(13-18)16(22)15-6-4-14(12-19)5-7-15/h4-7H,3,8-11,13H2,1-2H3,(H,20,23). The lowest BCUT2D eigenvalue weighted by Gasteiger charge is -2.39. The van der Waals surface area contributed by atoms with Gasteiger partial charge in [0.15, 0.2) is 0 Å². The molecule has 1 aliphatic rings. The second kappa shape index (κ2) is 7.93. The van der Waals surface area contributed by atoms with E-state index in [-0.39, 0.29) is 11.8 Å². The normalized spacial score (nSPS) is 20.3. The average Bonchev–Trinajstić information content (AvgIpc) is 2.61. The van der Waals surface area contributed by atoms with Crippen LogP contribution in [0.25, 0.3) is 0 Å². The van der Waals surface area contributed by atoms with Crippen LogP contribution in [-0.2, 0) is 9.53 Å². The number of hydrogen-bond donors (Lipinski definition) is 1. The first-order valence-corrected chi connectivity index (χ1v) is 8.07. The van der Waals surface area contributed by atoms with E-state index < -0.39 is 5.41 Å². The third kappa shape index (κ3) is 4.12. The summed E-state index contributed by atoms with van der Waals surface area (Å²) in [6.45, 7) is 3.86. The molecular weight excluding hydrogens is 306 g/mol. The molecule has 0 saturated carbocycles. The lowest BCUT2D eigenvalue weighted by Crippen LogP contribution is -2.52. The molecule has 1 aliphatic heterocycles. The first-order valence-electron chi connectivity index (χ1n) is 8.07. The Hall–Kier alpha value is -2.39. The summed E-state index contributed by atoms with van der Waals surface area (Å²) in [5.41, 5.74) is 0.472. The van der Waals surface area contributed by atoms with Gasteiger partial charge in [-0.2, -0.15) is 5.26 Å². The molecule has 2 rings (SSSR count). The van der Waals surface area contributed by atoms with Crippen LogP contribution in [0.4, 0.5) is 0 Å². The van der Waals surface area contributed by atoms with Crippen molar-refractivity contribution in [3.63, 3.8) is 0 Å². The zero-order valence-electron chi connectivity index (χ0n) is 14.2. The highest BCUT2D eigenvalue weighted by Crippen LogP contribution is 2.30. The number of ether oxygens (including phenoxy) is 1. The molecule has 1 fully saturated rings. The number of methoxy groups -OCH3 is 1. The van der Waals surface area contributed by atoms with Crippen molar-refractivity contribution < 1.29 is 14.3 Å². The fraction of sp³-hybridized carbons (Fsp3) is 0.500. The van der Waals surface area contributed by atoms with E-state index in [2.05, 4.69) is 5.32 Å². The van der Waals surface area contributed by atoms with Gasteiger partial charge < -0.3 is 15.0 Å². The third-order valence-corrected chi connectivity index (χ3v) is 4.38. The Kier molecular flexibility index (Phi) is 5.93. The number of rotatable bonds is 5. The van der Waals surface area contributed by atoms with Gasteiger partial charge in [-0.3, -0.25) is 9.59 Å². The summed E-state index contributed by atoms with van der Waals surface area (Å²) in [6, 6.07) is 8.62. The topological polar surface area (TPSA) is 82.4 Å². The Bertz CT molecular complexity index is 636. The van der Waals surface area contributed by atoms with Crippen molar-refractivity contribution in [2.75, 3.05) is 33.4 Å². The van der Waals surface area contributed by atoms with E-state index in [9.17, 15) is 9.59 Å². The number of hydrogen-bond acceptors (Lipinski definition) is 4. The van der Waals surface area contributed by atoms with Crippen LogP contribution < -0.4 is 5.32 Å². The molecule has 0 bridgehead atoms. The molecule has 1 heterocycles. The smallest absolute Gasteiger partial charge is 0.253 e. The van der Waals surface area contributed by atoms with E-state index in [1.165, 1.54) is 0 Å². The van der Waals surface area contributed by atoms with Crippen molar-refractivity contribution in [3.8, 4) is 6.07 Å². The summed E-state index contributed by atoms with van der Waals surface area (Å²) in [6.07, 6.45) is 1.54. The molecule has 128 valence electrons. The molecule has 1 unspecified atom stereocenters. The van der Waals surface area contributed by atoms with Gasteiger partial charge in [0.1, 0.15) is 0 Å². The number of nitrogens with one attached hydrogen (secondary N) is 1. The van der Waals surface area contributed by atoms with Gasteiger partial charge in [-0.25, -0.2) is 0 Å². The molecule has 0 aromatic heterocycles. The Labute approximate surface area is 142 Å². The van der Waals surface area contributed by atoms with Gasteiger partial charge in [-0.15, -0.1) is 0 Å². The van der Waals surface area contributed by atoms with Crippen molar-refractivity contribution in [2.45, 2.75) is 19.8 Å². The number of benzene rings is 1. The Morgan fingerprint density at radius 2 is 2.08 bits per heavy atom. The number of carbonyl (C=O) groups is 2. The maximum absolute atomic E-state index is 12.7. The quantitative estimate of drug-likeness (QED) is 0.831. The van der Waals surface area contributed by atoms with E-state index in [1.54, 1.807) is 36.3 Å². The number of amides is 2. The van der Waals surface area contributed by atoms with Gasteiger partial charge >= 0.3 is 0 Å². The summed E-state index contributed by atoms with van der Waals surface area (Å²) < 4.78 is 4.95. The molecule has 0 aliphatic carbocycles. The number of nitriles is 1.